The molecule has 0 spiro atoms. The lowest BCUT2D eigenvalue weighted by molar-refractivity contribution is -0.118. The summed E-state index contributed by atoms with van der Waals surface area (Å²) in [5.74, 6) is 1.02. The van der Waals surface area contributed by atoms with Crippen LogP contribution in [0.4, 0.5) is 5.82 Å². The Kier molecular flexibility index (Phi) is 3.87. The van der Waals surface area contributed by atoms with E-state index in [9.17, 15) is 4.79 Å². The van der Waals surface area contributed by atoms with Gasteiger partial charge in [-0.15, -0.1) is 0 Å². The Bertz CT molecular complexity index is 486. The number of carbonyl (C=O) groups is 1. The van der Waals surface area contributed by atoms with Crippen molar-refractivity contribution in [1.29, 1.82) is 0 Å². The summed E-state index contributed by atoms with van der Waals surface area (Å²) in [5, 5.41) is 0. The van der Waals surface area contributed by atoms with Crippen LogP contribution >= 0.6 is 0 Å². The lowest BCUT2D eigenvalue weighted by Gasteiger charge is -2.29. The summed E-state index contributed by atoms with van der Waals surface area (Å²) in [7, 11) is 0. The molecule has 20 heavy (non-hydrogen) atoms. The first-order valence-electron chi connectivity index (χ1n) is 7.30. The molecular formula is C15H21N3O2. The highest BCUT2D eigenvalue weighted by Gasteiger charge is 2.26. The molecule has 0 N–H and O–H groups in total. The largest absolute Gasteiger partial charge is 0.378 e. The van der Waals surface area contributed by atoms with E-state index in [-0.39, 0.29) is 6.04 Å². The highest BCUT2D eigenvalue weighted by Crippen LogP contribution is 2.33. The average molecular weight is 275 g/mol. The number of aryl methyl sites for hydroxylation is 1. The Balaban J connectivity index is 1.81. The minimum atomic E-state index is 0.207. The van der Waals surface area contributed by atoms with Gasteiger partial charge in [0.2, 0.25) is 6.41 Å². The molecule has 2 fully saturated rings. The molecular weight excluding hydrogens is 254 g/mol. The molecule has 0 aliphatic carbocycles. The third-order valence-corrected chi connectivity index (χ3v) is 4.26. The average Bonchev–Trinajstić information content (AvgIpc) is 2.96. The molecule has 2 aliphatic heterocycles. The second-order valence-corrected chi connectivity index (χ2v) is 5.50. The van der Waals surface area contributed by atoms with Gasteiger partial charge in [-0.3, -0.25) is 4.79 Å². The summed E-state index contributed by atoms with van der Waals surface area (Å²) in [5.41, 5.74) is 2.41. The summed E-state index contributed by atoms with van der Waals surface area (Å²) in [4.78, 5) is 19.8. The molecule has 1 aromatic heterocycles. The van der Waals surface area contributed by atoms with Gasteiger partial charge in [-0.1, -0.05) is 0 Å². The molecule has 3 heterocycles. The van der Waals surface area contributed by atoms with Crippen LogP contribution in [-0.2, 0) is 9.53 Å². The van der Waals surface area contributed by atoms with E-state index in [1.165, 1.54) is 11.1 Å². The smallest absolute Gasteiger partial charge is 0.210 e. The van der Waals surface area contributed by atoms with Gasteiger partial charge in [-0.2, -0.15) is 0 Å². The molecule has 5 nitrogen and oxygen atoms in total. The number of carbonyl (C=O) groups excluding carboxylic acids is 1. The van der Waals surface area contributed by atoms with Gasteiger partial charge in [-0.25, -0.2) is 4.98 Å². The maximum atomic E-state index is 11.1. The standard InChI is InChI=1S/C15H21N3O2/c1-12-9-15(17-5-7-20-8-6-17)16-10-13(12)14-3-2-4-18(14)11-19/h9-11,14H,2-8H2,1H3/t14-/m1/s1. The zero-order valence-corrected chi connectivity index (χ0v) is 11.9. The Labute approximate surface area is 119 Å². The van der Waals surface area contributed by atoms with E-state index in [4.69, 9.17) is 4.74 Å². The van der Waals surface area contributed by atoms with Gasteiger partial charge in [0.25, 0.3) is 0 Å². The molecule has 0 unspecified atom stereocenters. The van der Waals surface area contributed by atoms with Gasteiger partial charge in [0.05, 0.1) is 19.3 Å². The predicted octanol–water partition coefficient (Wildman–Crippen LogP) is 1.52. The Morgan fingerprint density at radius 3 is 2.85 bits per heavy atom. The molecule has 1 amide bonds. The minimum Gasteiger partial charge on any atom is -0.378 e. The fourth-order valence-electron chi connectivity index (χ4n) is 3.12. The quantitative estimate of drug-likeness (QED) is 0.785. The summed E-state index contributed by atoms with van der Waals surface area (Å²) in [6.45, 7) is 6.31. The molecule has 108 valence electrons. The van der Waals surface area contributed by atoms with E-state index < -0.39 is 0 Å². The van der Waals surface area contributed by atoms with Crippen molar-refractivity contribution < 1.29 is 9.53 Å². The summed E-state index contributed by atoms with van der Waals surface area (Å²) in [6.07, 6.45) is 5.03. The van der Waals surface area contributed by atoms with Crippen molar-refractivity contribution in [2.45, 2.75) is 25.8 Å². The van der Waals surface area contributed by atoms with Crippen molar-refractivity contribution in [3.8, 4) is 0 Å². The number of hydrogen-bond acceptors (Lipinski definition) is 4. The van der Waals surface area contributed by atoms with Crippen molar-refractivity contribution in [2.75, 3.05) is 37.7 Å². The number of aromatic nitrogens is 1. The topological polar surface area (TPSA) is 45.7 Å². The van der Waals surface area contributed by atoms with E-state index in [2.05, 4.69) is 22.9 Å². The van der Waals surface area contributed by atoms with Crippen LogP contribution in [0.2, 0.25) is 0 Å². The van der Waals surface area contributed by atoms with Gasteiger partial charge in [0, 0.05) is 25.8 Å². The molecule has 2 aliphatic rings. The van der Waals surface area contributed by atoms with Crippen LogP contribution in [0, 0.1) is 6.92 Å². The van der Waals surface area contributed by atoms with E-state index in [0.29, 0.717) is 0 Å². The van der Waals surface area contributed by atoms with Crippen LogP contribution in [0.5, 0.6) is 0 Å². The van der Waals surface area contributed by atoms with E-state index >= 15 is 0 Å². The lowest BCUT2D eigenvalue weighted by atomic mass is 10.0. The minimum absolute atomic E-state index is 0.207. The van der Waals surface area contributed by atoms with Crippen LogP contribution in [-0.4, -0.2) is 49.1 Å². The number of hydrogen-bond donors (Lipinski definition) is 0. The van der Waals surface area contributed by atoms with Crippen LogP contribution in [0.15, 0.2) is 12.3 Å². The molecule has 3 rings (SSSR count). The molecule has 1 aromatic rings. The first-order chi connectivity index (χ1) is 9.79. The van der Waals surface area contributed by atoms with Gasteiger partial charge in [-0.05, 0) is 37.0 Å². The van der Waals surface area contributed by atoms with Crippen molar-refractivity contribution in [2.24, 2.45) is 0 Å². The molecule has 2 saturated heterocycles. The summed E-state index contributed by atoms with van der Waals surface area (Å²) >= 11 is 0. The maximum Gasteiger partial charge on any atom is 0.210 e. The Morgan fingerprint density at radius 2 is 2.15 bits per heavy atom. The Morgan fingerprint density at radius 1 is 1.35 bits per heavy atom. The third-order valence-electron chi connectivity index (χ3n) is 4.26. The van der Waals surface area contributed by atoms with Crippen LogP contribution < -0.4 is 4.90 Å². The number of pyridine rings is 1. The number of rotatable bonds is 3. The highest BCUT2D eigenvalue weighted by atomic mass is 16.5. The van der Waals surface area contributed by atoms with Crippen molar-refractivity contribution in [3.63, 3.8) is 0 Å². The molecule has 0 radical (unpaired) electrons. The molecule has 1 atom stereocenters. The van der Waals surface area contributed by atoms with Gasteiger partial charge in [0.15, 0.2) is 0 Å². The van der Waals surface area contributed by atoms with Gasteiger partial charge in [0.1, 0.15) is 5.82 Å². The van der Waals surface area contributed by atoms with Crippen molar-refractivity contribution in [3.05, 3.63) is 23.4 Å². The zero-order valence-electron chi connectivity index (χ0n) is 11.9. The monoisotopic (exact) mass is 275 g/mol. The first kappa shape index (κ1) is 13.4. The summed E-state index contributed by atoms with van der Waals surface area (Å²) < 4.78 is 5.37. The number of morpholine rings is 1. The van der Waals surface area contributed by atoms with E-state index in [0.717, 1.165) is 57.9 Å². The number of nitrogens with zero attached hydrogens (tertiary/aromatic N) is 3. The zero-order chi connectivity index (χ0) is 13.9. The van der Waals surface area contributed by atoms with Crippen LogP contribution in [0.1, 0.15) is 30.0 Å². The van der Waals surface area contributed by atoms with Crippen molar-refractivity contribution in [1.82, 2.24) is 9.88 Å². The summed E-state index contributed by atoms with van der Waals surface area (Å²) in [6, 6.07) is 2.35. The van der Waals surface area contributed by atoms with Crippen LogP contribution in [0.3, 0.4) is 0 Å². The van der Waals surface area contributed by atoms with Gasteiger partial charge >= 0.3 is 0 Å². The highest BCUT2D eigenvalue weighted by molar-refractivity contribution is 5.51. The molecule has 0 saturated carbocycles. The third kappa shape index (κ3) is 2.50. The SMILES string of the molecule is Cc1cc(N2CCOCC2)ncc1[C@H]1CCCN1C=O. The molecule has 5 heteroatoms. The normalized spacial score (nSPS) is 23.1. The number of amides is 1. The second-order valence-electron chi connectivity index (χ2n) is 5.50. The maximum absolute atomic E-state index is 11.1. The number of ether oxygens (including phenoxy) is 1. The van der Waals surface area contributed by atoms with E-state index in [1.54, 1.807) is 0 Å². The van der Waals surface area contributed by atoms with Crippen molar-refractivity contribution >= 4 is 12.2 Å². The fourth-order valence-corrected chi connectivity index (χ4v) is 3.12. The molecule has 0 aromatic carbocycles. The fraction of sp³-hybridized carbons (Fsp3) is 0.600. The Hall–Kier alpha value is -1.62. The lowest BCUT2D eigenvalue weighted by Crippen LogP contribution is -2.36. The number of likely N-dealkylation sites (tertiary alicyclic amines) is 1. The van der Waals surface area contributed by atoms with Gasteiger partial charge < -0.3 is 14.5 Å². The number of anilines is 1. The first-order valence-corrected chi connectivity index (χ1v) is 7.30. The predicted molar refractivity (Wildman–Crippen MR) is 76.8 cm³/mol. The molecule has 0 bridgehead atoms. The van der Waals surface area contributed by atoms with E-state index in [1.807, 2.05) is 11.1 Å². The van der Waals surface area contributed by atoms with Crippen LogP contribution in [0.25, 0.3) is 0 Å². The second kappa shape index (κ2) is 5.79.